The quantitative estimate of drug-likeness (QED) is 0.791. The lowest BCUT2D eigenvalue weighted by Gasteiger charge is -2.22. The largest absolute Gasteiger partial charge is 0.497 e. The molecule has 5 heteroatoms. The number of ether oxygens (including phenoxy) is 2. The van der Waals surface area contributed by atoms with Gasteiger partial charge < -0.3 is 20.1 Å². The molecule has 0 spiro atoms. The second kappa shape index (κ2) is 5.93. The number of carbonyl (C=O) groups excluding carboxylic acids is 1. The molecule has 0 bridgehead atoms. The van der Waals surface area contributed by atoms with Crippen molar-refractivity contribution in [1.82, 2.24) is 4.90 Å². The minimum atomic E-state index is -0.00912. The highest BCUT2D eigenvalue weighted by Gasteiger charge is 2.32. The van der Waals surface area contributed by atoms with Crippen molar-refractivity contribution < 1.29 is 14.3 Å². The number of rotatable bonds is 6. The lowest BCUT2D eigenvalue weighted by molar-refractivity contribution is 0.0680. The molecule has 2 N–H and O–H groups in total. The highest BCUT2D eigenvalue weighted by molar-refractivity contribution is 5.96. The number of methoxy groups -OCH3 is 2. The molecule has 104 valence electrons. The molecule has 1 aromatic carbocycles. The Hall–Kier alpha value is -1.75. The number of hydrogen-bond donors (Lipinski definition) is 1. The Kier molecular flexibility index (Phi) is 4.27. The summed E-state index contributed by atoms with van der Waals surface area (Å²) in [5.41, 5.74) is 6.89. The summed E-state index contributed by atoms with van der Waals surface area (Å²) in [7, 11) is 3.20. The average molecular weight is 264 g/mol. The SMILES string of the molecule is COCCN(C(=O)c1cc(N)cc(OC)c1)C1CC1. The van der Waals surface area contributed by atoms with E-state index in [2.05, 4.69) is 0 Å². The molecule has 2 rings (SSSR count). The van der Waals surface area contributed by atoms with E-state index in [-0.39, 0.29) is 5.91 Å². The second-order valence-electron chi connectivity index (χ2n) is 4.72. The topological polar surface area (TPSA) is 64.8 Å². The van der Waals surface area contributed by atoms with Gasteiger partial charge in [0.05, 0.1) is 13.7 Å². The zero-order chi connectivity index (χ0) is 13.8. The predicted molar refractivity (Wildman–Crippen MR) is 73.3 cm³/mol. The summed E-state index contributed by atoms with van der Waals surface area (Å²) in [5, 5.41) is 0. The van der Waals surface area contributed by atoms with E-state index < -0.39 is 0 Å². The van der Waals surface area contributed by atoms with Crippen molar-refractivity contribution in [3.63, 3.8) is 0 Å². The number of benzene rings is 1. The van der Waals surface area contributed by atoms with Gasteiger partial charge in [0.1, 0.15) is 5.75 Å². The first kappa shape index (κ1) is 13.7. The predicted octanol–water partition coefficient (Wildman–Crippen LogP) is 1.53. The van der Waals surface area contributed by atoms with E-state index in [0.29, 0.717) is 36.2 Å². The van der Waals surface area contributed by atoms with Crippen LogP contribution in [0.2, 0.25) is 0 Å². The first-order chi connectivity index (χ1) is 9.15. The smallest absolute Gasteiger partial charge is 0.254 e. The summed E-state index contributed by atoms with van der Waals surface area (Å²) < 4.78 is 10.2. The fourth-order valence-corrected chi connectivity index (χ4v) is 2.06. The number of carbonyl (C=O) groups is 1. The first-order valence-corrected chi connectivity index (χ1v) is 6.40. The van der Waals surface area contributed by atoms with Crippen LogP contribution in [0.15, 0.2) is 18.2 Å². The highest BCUT2D eigenvalue weighted by atomic mass is 16.5. The van der Waals surface area contributed by atoms with Gasteiger partial charge in [-0.05, 0) is 25.0 Å². The van der Waals surface area contributed by atoms with Gasteiger partial charge in [-0.2, -0.15) is 0 Å². The van der Waals surface area contributed by atoms with E-state index in [0.717, 1.165) is 12.8 Å². The van der Waals surface area contributed by atoms with Gasteiger partial charge in [0.25, 0.3) is 5.91 Å². The molecule has 0 aromatic heterocycles. The Morgan fingerprint density at radius 2 is 2.11 bits per heavy atom. The molecule has 5 nitrogen and oxygen atoms in total. The summed E-state index contributed by atoms with van der Waals surface area (Å²) >= 11 is 0. The van der Waals surface area contributed by atoms with E-state index in [1.54, 1.807) is 32.4 Å². The Morgan fingerprint density at radius 1 is 1.37 bits per heavy atom. The molecule has 19 heavy (non-hydrogen) atoms. The molecule has 1 aromatic rings. The third-order valence-electron chi connectivity index (χ3n) is 3.20. The summed E-state index contributed by atoms with van der Waals surface area (Å²) in [4.78, 5) is 14.4. The maximum absolute atomic E-state index is 12.5. The van der Waals surface area contributed by atoms with Gasteiger partial charge >= 0.3 is 0 Å². The van der Waals surface area contributed by atoms with Crippen LogP contribution in [0, 0.1) is 0 Å². The number of anilines is 1. The van der Waals surface area contributed by atoms with Crippen molar-refractivity contribution in [2.24, 2.45) is 0 Å². The molecule has 1 saturated carbocycles. The van der Waals surface area contributed by atoms with Crippen molar-refractivity contribution in [1.29, 1.82) is 0 Å². The van der Waals surface area contributed by atoms with Crippen LogP contribution in [0.1, 0.15) is 23.2 Å². The van der Waals surface area contributed by atoms with Crippen molar-refractivity contribution in [2.75, 3.05) is 33.1 Å². The minimum Gasteiger partial charge on any atom is -0.497 e. The summed E-state index contributed by atoms with van der Waals surface area (Å²) in [5.74, 6) is 0.594. The van der Waals surface area contributed by atoms with Crippen molar-refractivity contribution in [2.45, 2.75) is 18.9 Å². The van der Waals surface area contributed by atoms with Crippen LogP contribution in [-0.4, -0.2) is 44.2 Å². The van der Waals surface area contributed by atoms with Gasteiger partial charge in [-0.3, -0.25) is 4.79 Å². The van der Waals surface area contributed by atoms with Crippen LogP contribution in [0.5, 0.6) is 5.75 Å². The van der Waals surface area contributed by atoms with Crippen LogP contribution in [-0.2, 0) is 4.74 Å². The maximum Gasteiger partial charge on any atom is 0.254 e. The van der Waals surface area contributed by atoms with Crippen molar-refractivity contribution in [3.05, 3.63) is 23.8 Å². The van der Waals surface area contributed by atoms with Gasteiger partial charge in [-0.15, -0.1) is 0 Å². The minimum absolute atomic E-state index is 0.00912. The number of amides is 1. The van der Waals surface area contributed by atoms with Gasteiger partial charge in [0.15, 0.2) is 0 Å². The Balaban J connectivity index is 2.18. The number of nitrogens with two attached hydrogens (primary N) is 1. The van der Waals surface area contributed by atoms with E-state index in [4.69, 9.17) is 15.2 Å². The number of hydrogen-bond acceptors (Lipinski definition) is 4. The van der Waals surface area contributed by atoms with Crippen LogP contribution in [0.4, 0.5) is 5.69 Å². The van der Waals surface area contributed by atoms with Gasteiger partial charge in [0, 0.05) is 37.0 Å². The molecule has 1 aliphatic rings. The molecule has 1 fully saturated rings. The molecule has 0 heterocycles. The lowest BCUT2D eigenvalue weighted by Crippen LogP contribution is -2.35. The maximum atomic E-state index is 12.5. The normalized spacial score (nSPS) is 14.2. The Labute approximate surface area is 113 Å². The molecule has 0 atom stereocenters. The van der Waals surface area contributed by atoms with Crippen LogP contribution < -0.4 is 10.5 Å². The van der Waals surface area contributed by atoms with Crippen LogP contribution >= 0.6 is 0 Å². The van der Waals surface area contributed by atoms with Gasteiger partial charge in [0.2, 0.25) is 0 Å². The lowest BCUT2D eigenvalue weighted by atomic mass is 10.1. The van der Waals surface area contributed by atoms with E-state index >= 15 is 0 Å². The molecular weight excluding hydrogens is 244 g/mol. The molecular formula is C14H20N2O3. The monoisotopic (exact) mass is 264 g/mol. The van der Waals surface area contributed by atoms with Crippen LogP contribution in [0.25, 0.3) is 0 Å². The third kappa shape index (κ3) is 3.38. The summed E-state index contributed by atoms with van der Waals surface area (Å²) in [6, 6.07) is 5.46. The third-order valence-corrected chi connectivity index (χ3v) is 3.20. The average Bonchev–Trinajstić information content (AvgIpc) is 3.22. The van der Waals surface area contributed by atoms with E-state index in [1.165, 1.54) is 0 Å². The molecule has 0 saturated heterocycles. The standard InChI is InChI=1S/C14H20N2O3/c1-18-6-5-16(12-3-4-12)14(17)10-7-11(15)9-13(8-10)19-2/h7-9,12H,3-6,15H2,1-2H3. The Morgan fingerprint density at radius 3 is 2.68 bits per heavy atom. The fraction of sp³-hybridized carbons (Fsp3) is 0.500. The number of nitrogens with zero attached hydrogens (tertiary/aromatic N) is 1. The van der Waals surface area contributed by atoms with E-state index in [9.17, 15) is 4.79 Å². The van der Waals surface area contributed by atoms with Crippen molar-refractivity contribution in [3.8, 4) is 5.75 Å². The van der Waals surface area contributed by atoms with Crippen LogP contribution in [0.3, 0.4) is 0 Å². The summed E-state index contributed by atoms with van der Waals surface area (Å²) in [6.07, 6.45) is 2.13. The zero-order valence-electron chi connectivity index (χ0n) is 11.4. The first-order valence-electron chi connectivity index (χ1n) is 6.40. The molecule has 1 amide bonds. The zero-order valence-corrected chi connectivity index (χ0v) is 11.4. The summed E-state index contributed by atoms with van der Waals surface area (Å²) in [6.45, 7) is 1.15. The molecule has 0 unspecified atom stereocenters. The molecule has 1 aliphatic carbocycles. The second-order valence-corrected chi connectivity index (χ2v) is 4.72. The van der Waals surface area contributed by atoms with E-state index in [1.807, 2.05) is 4.90 Å². The van der Waals surface area contributed by atoms with Gasteiger partial charge in [-0.1, -0.05) is 0 Å². The van der Waals surface area contributed by atoms with Crippen molar-refractivity contribution >= 4 is 11.6 Å². The van der Waals surface area contributed by atoms with Gasteiger partial charge in [-0.25, -0.2) is 0 Å². The fourth-order valence-electron chi connectivity index (χ4n) is 2.06. The molecule has 0 aliphatic heterocycles. The highest BCUT2D eigenvalue weighted by Crippen LogP contribution is 2.29. The molecule has 0 radical (unpaired) electrons. The number of nitrogen functional groups attached to an aromatic ring is 1. The Bertz CT molecular complexity index is 458.